The molecular weight excluding hydrogens is 653 g/mol. The lowest BCUT2D eigenvalue weighted by Crippen LogP contribution is -2.30. The number of alkyl halides is 3. The molecule has 0 aromatic heterocycles. The molecule has 4 aromatic rings. The molecular formula is C32H23Cl2F4N3O3S. The number of carbonyl (C=O) groups is 3. The maximum absolute atomic E-state index is 14.6. The minimum Gasteiger partial charge on any atom is -0.324 e. The molecule has 6 nitrogen and oxygen atoms in total. The zero-order valence-corrected chi connectivity index (χ0v) is 25.5. The second kappa shape index (κ2) is 14.6. The molecule has 0 radical (unpaired) electrons. The van der Waals surface area contributed by atoms with Crippen LogP contribution in [0.1, 0.15) is 28.4 Å². The highest BCUT2D eigenvalue weighted by Crippen LogP contribution is 2.34. The Labute approximate surface area is 269 Å². The molecule has 1 atom stereocenters. The highest BCUT2D eigenvalue weighted by molar-refractivity contribution is 8.00. The summed E-state index contributed by atoms with van der Waals surface area (Å²) in [6.07, 6.45) is -3.49. The summed E-state index contributed by atoms with van der Waals surface area (Å²) in [6.45, 7) is 1.55. The van der Waals surface area contributed by atoms with Crippen LogP contribution in [0.4, 0.5) is 28.9 Å². The van der Waals surface area contributed by atoms with E-state index in [2.05, 4.69) is 16.0 Å². The van der Waals surface area contributed by atoms with Crippen molar-refractivity contribution in [3.63, 3.8) is 0 Å². The molecule has 3 N–H and O–H groups in total. The summed E-state index contributed by atoms with van der Waals surface area (Å²) in [5.41, 5.74) is -1.01. The molecule has 3 amide bonds. The predicted octanol–water partition coefficient (Wildman–Crippen LogP) is 8.68. The van der Waals surface area contributed by atoms with Crippen molar-refractivity contribution in [1.29, 1.82) is 0 Å². The van der Waals surface area contributed by atoms with Crippen LogP contribution in [0.5, 0.6) is 0 Å². The number of thioether (sulfide) groups is 1. The Hall–Kier alpha value is -4.32. The summed E-state index contributed by atoms with van der Waals surface area (Å²) in [4.78, 5) is 39.6. The third-order valence-corrected chi connectivity index (χ3v) is 7.90. The van der Waals surface area contributed by atoms with E-state index in [0.29, 0.717) is 4.90 Å². The fourth-order valence-electron chi connectivity index (χ4n) is 3.87. The highest BCUT2D eigenvalue weighted by Gasteiger charge is 2.31. The first kappa shape index (κ1) is 33.6. The summed E-state index contributed by atoms with van der Waals surface area (Å²) in [6, 6.07) is 21.1. The molecule has 0 bridgehead atoms. The molecule has 0 aliphatic heterocycles. The van der Waals surface area contributed by atoms with Gasteiger partial charge in [-0.05, 0) is 73.7 Å². The topological polar surface area (TPSA) is 87.3 Å². The molecule has 0 saturated heterocycles. The molecule has 0 aliphatic carbocycles. The van der Waals surface area contributed by atoms with Gasteiger partial charge in [0, 0.05) is 21.7 Å². The van der Waals surface area contributed by atoms with Crippen LogP contribution >= 0.6 is 35.0 Å². The van der Waals surface area contributed by atoms with Gasteiger partial charge in [-0.1, -0.05) is 53.5 Å². The fourth-order valence-corrected chi connectivity index (χ4v) is 5.18. The van der Waals surface area contributed by atoms with Crippen LogP contribution < -0.4 is 16.0 Å². The van der Waals surface area contributed by atoms with E-state index in [4.69, 9.17) is 23.2 Å². The first-order valence-electron chi connectivity index (χ1n) is 13.1. The van der Waals surface area contributed by atoms with E-state index in [1.165, 1.54) is 12.1 Å². The molecule has 13 heteroatoms. The second-order valence-corrected chi connectivity index (χ2v) is 11.7. The van der Waals surface area contributed by atoms with Crippen LogP contribution in [0.3, 0.4) is 0 Å². The first-order valence-corrected chi connectivity index (χ1v) is 14.7. The van der Waals surface area contributed by atoms with Gasteiger partial charge in [-0.15, -0.1) is 11.8 Å². The van der Waals surface area contributed by atoms with Gasteiger partial charge >= 0.3 is 6.18 Å². The van der Waals surface area contributed by atoms with Crippen molar-refractivity contribution in [1.82, 2.24) is 5.32 Å². The van der Waals surface area contributed by atoms with Crippen molar-refractivity contribution in [2.75, 3.05) is 10.6 Å². The number of benzene rings is 4. The van der Waals surface area contributed by atoms with Crippen LogP contribution in [0.15, 0.2) is 102 Å². The Morgan fingerprint density at radius 1 is 0.844 bits per heavy atom. The van der Waals surface area contributed by atoms with Gasteiger partial charge in [0.25, 0.3) is 11.8 Å². The van der Waals surface area contributed by atoms with E-state index in [-0.39, 0.29) is 38.2 Å². The van der Waals surface area contributed by atoms with Crippen LogP contribution in [0.2, 0.25) is 10.0 Å². The van der Waals surface area contributed by atoms with Crippen molar-refractivity contribution in [2.45, 2.75) is 23.2 Å². The molecule has 232 valence electrons. The van der Waals surface area contributed by atoms with Gasteiger partial charge in [-0.2, -0.15) is 13.2 Å². The quantitative estimate of drug-likeness (QED) is 0.0941. The van der Waals surface area contributed by atoms with E-state index in [0.717, 1.165) is 42.1 Å². The Balaban J connectivity index is 1.51. The number of nitrogens with one attached hydrogen (secondary N) is 3. The number of hydrogen-bond acceptors (Lipinski definition) is 4. The molecule has 4 aromatic carbocycles. The molecule has 0 aliphatic rings. The zero-order valence-electron chi connectivity index (χ0n) is 23.2. The Bertz CT molecular complexity index is 1750. The monoisotopic (exact) mass is 675 g/mol. The van der Waals surface area contributed by atoms with E-state index in [1.807, 2.05) is 0 Å². The van der Waals surface area contributed by atoms with Crippen LogP contribution in [0.25, 0.3) is 6.08 Å². The van der Waals surface area contributed by atoms with Crippen molar-refractivity contribution in [3.8, 4) is 0 Å². The van der Waals surface area contributed by atoms with Gasteiger partial charge in [0.15, 0.2) is 0 Å². The van der Waals surface area contributed by atoms with Gasteiger partial charge < -0.3 is 16.0 Å². The van der Waals surface area contributed by atoms with E-state index < -0.39 is 40.5 Å². The standard InChI is InChI=1S/C32H23Cl2F4N3O3S/c1-18(29(42)40-27-15-20(32(36,37)38)13-14-25(27)34)45-22-10-5-9-21(16-22)39-31(44)28(17-23-24(33)11-6-12-26(23)35)41-30(43)19-7-3-2-4-8-19/h2-18H,1H3,(H,39,44)(H,40,42)(H,41,43)/b28-17+. The van der Waals surface area contributed by atoms with Crippen LogP contribution in [-0.2, 0) is 15.8 Å². The number of hydrogen-bond donors (Lipinski definition) is 3. The van der Waals surface area contributed by atoms with Gasteiger partial charge in [-0.3, -0.25) is 14.4 Å². The van der Waals surface area contributed by atoms with Gasteiger partial charge in [0.2, 0.25) is 5.91 Å². The smallest absolute Gasteiger partial charge is 0.324 e. The normalized spacial score (nSPS) is 12.3. The molecule has 4 rings (SSSR count). The first-order chi connectivity index (χ1) is 21.3. The maximum Gasteiger partial charge on any atom is 0.416 e. The summed E-state index contributed by atoms with van der Waals surface area (Å²) in [5.74, 6) is -2.72. The van der Waals surface area contributed by atoms with Crippen LogP contribution in [0, 0.1) is 5.82 Å². The van der Waals surface area contributed by atoms with Crippen molar-refractivity contribution in [3.05, 3.63) is 129 Å². The minimum absolute atomic E-state index is 0.0198. The molecule has 0 saturated carbocycles. The maximum atomic E-state index is 14.6. The zero-order chi connectivity index (χ0) is 32.7. The number of halogens is 6. The molecule has 0 heterocycles. The minimum atomic E-state index is -4.61. The average molecular weight is 677 g/mol. The summed E-state index contributed by atoms with van der Waals surface area (Å²) >= 11 is 13.2. The Kier molecular flexibility index (Phi) is 10.9. The fraction of sp³-hybridized carbons (Fsp3) is 0.0938. The number of carbonyl (C=O) groups excluding carboxylic acids is 3. The lowest BCUT2D eigenvalue weighted by atomic mass is 10.1. The lowest BCUT2D eigenvalue weighted by molar-refractivity contribution is -0.137. The van der Waals surface area contributed by atoms with Gasteiger partial charge in [0.1, 0.15) is 11.5 Å². The predicted molar refractivity (Wildman–Crippen MR) is 169 cm³/mol. The van der Waals surface area contributed by atoms with E-state index in [1.54, 1.807) is 61.5 Å². The Morgan fingerprint density at radius 3 is 2.24 bits per heavy atom. The third-order valence-electron chi connectivity index (χ3n) is 6.14. The number of rotatable bonds is 9. The van der Waals surface area contributed by atoms with Crippen molar-refractivity contribution < 1.29 is 31.9 Å². The number of anilines is 2. The number of amides is 3. The van der Waals surface area contributed by atoms with E-state index in [9.17, 15) is 31.9 Å². The van der Waals surface area contributed by atoms with Crippen LogP contribution in [-0.4, -0.2) is 23.0 Å². The summed E-state index contributed by atoms with van der Waals surface area (Å²) < 4.78 is 53.9. The lowest BCUT2D eigenvalue weighted by Gasteiger charge is -2.16. The third kappa shape index (κ3) is 9.10. The Morgan fingerprint density at radius 2 is 1.56 bits per heavy atom. The molecule has 1 unspecified atom stereocenters. The van der Waals surface area contributed by atoms with Crippen molar-refractivity contribution >= 4 is 70.1 Å². The average Bonchev–Trinajstić information content (AvgIpc) is 2.99. The van der Waals surface area contributed by atoms with E-state index >= 15 is 0 Å². The molecule has 45 heavy (non-hydrogen) atoms. The summed E-state index contributed by atoms with van der Waals surface area (Å²) in [7, 11) is 0. The second-order valence-electron chi connectivity index (χ2n) is 9.44. The van der Waals surface area contributed by atoms with Gasteiger partial charge in [0.05, 0.1) is 26.5 Å². The molecule has 0 fully saturated rings. The highest BCUT2D eigenvalue weighted by atomic mass is 35.5. The largest absolute Gasteiger partial charge is 0.416 e. The molecule has 0 spiro atoms. The van der Waals surface area contributed by atoms with Crippen molar-refractivity contribution in [2.24, 2.45) is 0 Å². The SMILES string of the molecule is CC(Sc1cccc(NC(=O)/C(=C\c2c(F)cccc2Cl)NC(=O)c2ccccc2)c1)C(=O)Nc1cc(C(F)(F)F)ccc1Cl. The van der Waals surface area contributed by atoms with Gasteiger partial charge in [-0.25, -0.2) is 4.39 Å². The summed E-state index contributed by atoms with van der Waals surface area (Å²) in [5, 5.41) is 6.74.